The van der Waals surface area contributed by atoms with Crippen molar-refractivity contribution in [2.75, 3.05) is 33.4 Å². The molecule has 2 bridgehead atoms. The molecule has 3 saturated heterocycles. The summed E-state index contributed by atoms with van der Waals surface area (Å²) in [5, 5.41) is 29.0. The molecule has 6 fully saturated rings. The molecule has 0 radical (unpaired) electrons. The second-order valence-electron chi connectivity index (χ2n) is 15.2. The van der Waals surface area contributed by atoms with Gasteiger partial charge < -0.3 is 38.7 Å². The van der Waals surface area contributed by atoms with Gasteiger partial charge in [0.25, 0.3) is 0 Å². The molecule has 51 heavy (non-hydrogen) atoms. The molecule has 6 aliphatic rings. The van der Waals surface area contributed by atoms with Gasteiger partial charge >= 0.3 is 26.2 Å². The predicted octanol–water partition coefficient (Wildman–Crippen LogP) is 2.12. The highest BCUT2D eigenvalue weighted by Gasteiger charge is 2.67. The molecule has 8 atom stereocenters. The number of sulfonamides is 1. The van der Waals surface area contributed by atoms with Crippen LogP contribution < -0.4 is 5.32 Å². The van der Waals surface area contributed by atoms with E-state index >= 15 is 0 Å². The minimum atomic E-state index is -3.89. The molecule has 1 aromatic carbocycles. The van der Waals surface area contributed by atoms with E-state index < -0.39 is 47.3 Å². The number of carboxylic acids is 1. The highest BCUT2D eigenvalue weighted by molar-refractivity contribution is 7.89. The number of benzene rings is 1. The third-order valence-corrected chi connectivity index (χ3v) is 13.6. The molecule has 3 heterocycles. The Bertz CT molecular complexity index is 1470. The largest absolute Gasteiger partial charge is 0.480 e. The van der Waals surface area contributed by atoms with Gasteiger partial charge in [0.2, 0.25) is 10.0 Å². The first-order valence-corrected chi connectivity index (χ1v) is 19.6. The van der Waals surface area contributed by atoms with Gasteiger partial charge in [0.1, 0.15) is 12.1 Å². The van der Waals surface area contributed by atoms with Crippen molar-refractivity contribution in [2.45, 2.75) is 120 Å². The fourth-order valence-corrected chi connectivity index (χ4v) is 10.3. The average molecular weight is 736 g/mol. The molecule has 3 saturated carbocycles. The third-order valence-electron chi connectivity index (χ3n) is 11.7. The number of morpholine rings is 2. The molecular weight excluding hydrogens is 682 g/mol. The van der Waals surface area contributed by atoms with Crippen molar-refractivity contribution in [3.05, 3.63) is 29.8 Å². The van der Waals surface area contributed by atoms with Crippen LogP contribution in [0.4, 0.5) is 0 Å². The zero-order chi connectivity index (χ0) is 37.1. The van der Waals surface area contributed by atoms with Gasteiger partial charge in [0.05, 0.1) is 49.1 Å². The lowest BCUT2D eigenvalue weighted by molar-refractivity contribution is -0.199. The quantitative estimate of drug-likeness (QED) is 0.181. The van der Waals surface area contributed by atoms with E-state index in [0.29, 0.717) is 62.4 Å². The van der Waals surface area contributed by atoms with Crippen LogP contribution in [-0.2, 0) is 43.1 Å². The Labute approximate surface area is 302 Å². The molecule has 4 N–H and O–H groups in total. The average Bonchev–Trinajstić information content (AvgIpc) is 3.44. The molecule has 284 valence electrons. The van der Waals surface area contributed by atoms with E-state index in [0.717, 1.165) is 12.0 Å². The van der Waals surface area contributed by atoms with E-state index in [-0.39, 0.29) is 49.3 Å². The van der Waals surface area contributed by atoms with E-state index in [1.54, 1.807) is 24.3 Å². The van der Waals surface area contributed by atoms with Gasteiger partial charge in [-0.3, -0.25) is 14.9 Å². The Morgan fingerprint density at radius 2 is 1.75 bits per heavy atom. The lowest BCUT2D eigenvalue weighted by atomic mass is 9.43. The third kappa shape index (κ3) is 8.68. The van der Waals surface area contributed by atoms with Crippen molar-refractivity contribution >= 4 is 36.2 Å². The smallest absolute Gasteiger partial charge is 0.457 e. The number of rotatable bonds is 12. The van der Waals surface area contributed by atoms with E-state index in [1.165, 1.54) is 17.8 Å². The number of esters is 1. The van der Waals surface area contributed by atoms with Gasteiger partial charge in [-0.05, 0) is 81.6 Å². The van der Waals surface area contributed by atoms with Crippen LogP contribution in [0.5, 0.6) is 0 Å². The van der Waals surface area contributed by atoms with Crippen molar-refractivity contribution in [1.82, 2.24) is 9.62 Å². The molecule has 0 aromatic heterocycles. The van der Waals surface area contributed by atoms with Crippen LogP contribution in [0.15, 0.2) is 29.2 Å². The van der Waals surface area contributed by atoms with E-state index in [4.69, 9.17) is 38.7 Å². The van der Waals surface area contributed by atoms with Gasteiger partial charge in [0, 0.05) is 13.1 Å². The minimum Gasteiger partial charge on any atom is -0.480 e. The normalized spacial score (nSPS) is 32.9. The van der Waals surface area contributed by atoms with Gasteiger partial charge in [-0.2, -0.15) is 4.31 Å². The summed E-state index contributed by atoms with van der Waals surface area (Å²) in [6, 6.07) is 4.93. The molecule has 0 unspecified atom stereocenters. The fraction of sp³-hybridized carbons (Fsp3) is 0.765. The topological polar surface area (TPSA) is 190 Å². The van der Waals surface area contributed by atoms with Crippen LogP contribution in [0.1, 0.15) is 64.9 Å². The summed E-state index contributed by atoms with van der Waals surface area (Å²) in [5.41, 5.74) is 1.00. The van der Waals surface area contributed by atoms with Crippen molar-refractivity contribution in [3.8, 4) is 0 Å². The first-order chi connectivity index (χ1) is 24.1. The number of carbonyl (C=O) groups excluding carboxylic acids is 1. The first-order valence-electron chi connectivity index (χ1n) is 18.1. The lowest BCUT2D eigenvalue weighted by Gasteiger charge is -2.64. The maximum Gasteiger partial charge on any atom is 0.457 e. The zero-order valence-electron chi connectivity index (χ0n) is 30.4. The summed E-state index contributed by atoms with van der Waals surface area (Å²) >= 11 is 0. The van der Waals surface area contributed by atoms with Gasteiger partial charge in [-0.1, -0.05) is 44.4 Å². The van der Waals surface area contributed by atoms with Crippen molar-refractivity contribution < 1.29 is 56.7 Å². The maximum absolute atomic E-state index is 13.4. The van der Waals surface area contributed by atoms with Crippen LogP contribution in [0, 0.1) is 24.2 Å². The number of aryl methyl sites for hydroxylation is 1. The molecule has 3 aliphatic carbocycles. The van der Waals surface area contributed by atoms with E-state index in [1.807, 2.05) is 6.92 Å². The van der Waals surface area contributed by atoms with Crippen molar-refractivity contribution in [1.29, 1.82) is 0 Å². The fourth-order valence-electron chi connectivity index (χ4n) is 8.67. The van der Waals surface area contributed by atoms with Crippen LogP contribution in [0.3, 0.4) is 0 Å². The summed E-state index contributed by atoms with van der Waals surface area (Å²) in [7, 11) is -4.23. The van der Waals surface area contributed by atoms with Crippen LogP contribution in [-0.4, -0.2) is 123 Å². The first kappa shape index (κ1) is 40.1. The summed E-state index contributed by atoms with van der Waals surface area (Å²) in [6.45, 7) is 10.1. The number of ether oxygens (including phenoxy) is 3. The number of carboxylic acid groups (broad SMARTS) is 1. The number of nitrogens with one attached hydrogen (secondary N) is 1. The Hall–Kier alpha value is -2.08. The molecule has 0 spiro atoms. The second kappa shape index (κ2) is 16.5. The lowest BCUT2D eigenvalue weighted by Crippen LogP contribution is -2.65. The van der Waals surface area contributed by atoms with E-state index in [9.17, 15) is 18.0 Å². The number of methoxy groups -OCH3 is 1. The monoisotopic (exact) mass is 736 g/mol. The van der Waals surface area contributed by atoms with Crippen molar-refractivity contribution in [2.24, 2.45) is 17.3 Å². The molecular formula is C34H54B2N2O12S. The summed E-state index contributed by atoms with van der Waals surface area (Å²) in [6.07, 6.45) is 4.54. The number of aliphatic carboxylic acids is 1. The SMILES string of the molecule is COC(=O)[C@@H]1[C@H](CCCB2O[C@@H]3C[C@@H]4C[C@@H](C4(C)C)[C@]3(C)O2)OCCN1S(=O)(=O)c1ccc(C)cc1.O=C(O)[C@H]1NCCO[C@H]1CCCB(O)O. The van der Waals surface area contributed by atoms with Gasteiger partial charge in [-0.15, -0.1) is 0 Å². The van der Waals surface area contributed by atoms with Crippen LogP contribution in [0.2, 0.25) is 12.6 Å². The molecule has 7 rings (SSSR count). The van der Waals surface area contributed by atoms with Crippen LogP contribution >= 0.6 is 0 Å². The predicted molar refractivity (Wildman–Crippen MR) is 188 cm³/mol. The maximum atomic E-state index is 13.4. The van der Waals surface area contributed by atoms with E-state index in [2.05, 4.69) is 26.1 Å². The Balaban J connectivity index is 0.000000283. The molecule has 3 aliphatic heterocycles. The van der Waals surface area contributed by atoms with Gasteiger partial charge in [-0.25, -0.2) is 8.42 Å². The Morgan fingerprint density at radius 1 is 1.06 bits per heavy atom. The molecule has 1 aromatic rings. The summed E-state index contributed by atoms with van der Waals surface area (Å²) < 4.78 is 57.3. The minimum absolute atomic E-state index is 0.0969. The highest BCUT2D eigenvalue weighted by atomic mass is 32.2. The number of hydrogen-bond donors (Lipinski definition) is 4. The summed E-state index contributed by atoms with van der Waals surface area (Å²) in [4.78, 5) is 23.8. The molecule has 14 nitrogen and oxygen atoms in total. The molecule has 17 heteroatoms. The molecule has 0 amide bonds. The highest BCUT2D eigenvalue weighted by Crippen LogP contribution is 2.65. The zero-order valence-corrected chi connectivity index (χ0v) is 31.2. The summed E-state index contributed by atoms with van der Waals surface area (Å²) in [5.74, 6) is -0.334. The number of hydrogen-bond acceptors (Lipinski definition) is 12. The Kier molecular flexibility index (Phi) is 13.0. The number of carbonyl (C=O) groups is 2. The van der Waals surface area contributed by atoms with Gasteiger partial charge in [0.15, 0.2) is 0 Å². The van der Waals surface area contributed by atoms with Crippen LogP contribution in [0.25, 0.3) is 0 Å². The standard InChI is InChI=1S/C26H38BNO7S.C8H16BNO5/c1-17-8-10-19(11-9-17)36(30,31)28-13-14-33-20(23(28)24(29)32-5)7-6-12-27-34-22-16-18-15-21(25(18,2)3)26(22,4)35-27;11-8(12)7-6(15-5-4-10-7)2-1-3-9(13)14/h8-11,18,20-23H,6-7,12-16H2,1-5H3;6-7,10,13-14H,1-5H2,(H,11,12)/t18-,20-,21-,22+,23-,26-;6-,7-/m00/s1. The Morgan fingerprint density at radius 3 is 2.39 bits per heavy atom. The van der Waals surface area contributed by atoms with Crippen molar-refractivity contribution in [3.63, 3.8) is 0 Å². The number of nitrogens with zero attached hydrogens (tertiary/aromatic N) is 1. The second-order valence-corrected chi connectivity index (χ2v) is 17.1.